The zero-order valence-electron chi connectivity index (χ0n) is 11.2. The van der Waals surface area contributed by atoms with Crippen molar-refractivity contribution in [3.05, 3.63) is 52.7 Å². The van der Waals surface area contributed by atoms with E-state index in [0.717, 1.165) is 0 Å². The van der Waals surface area contributed by atoms with Crippen LogP contribution in [0.1, 0.15) is 5.82 Å². The number of benzene rings is 1. The lowest BCUT2D eigenvalue weighted by Crippen LogP contribution is -2.07. The van der Waals surface area contributed by atoms with Crippen LogP contribution >= 0.6 is 0 Å². The molecule has 0 saturated heterocycles. The van der Waals surface area contributed by atoms with E-state index in [4.69, 9.17) is 0 Å². The van der Waals surface area contributed by atoms with Crippen molar-refractivity contribution in [3.63, 3.8) is 0 Å². The molecule has 3 rings (SSSR count). The first-order valence-electron chi connectivity index (χ1n) is 6.25. The van der Waals surface area contributed by atoms with Gasteiger partial charge in [0.25, 0.3) is 0 Å². The molecule has 3 aromatic rings. The van der Waals surface area contributed by atoms with Gasteiger partial charge in [0.1, 0.15) is 12.0 Å². The van der Waals surface area contributed by atoms with Crippen LogP contribution in [-0.4, -0.2) is 24.7 Å². The van der Waals surface area contributed by atoms with E-state index in [-0.39, 0.29) is 5.69 Å². The summed E-state index contributed by atoms with van der Waals surface area (Å²) in [6.07, 6.45) is 3.19. The molecule has 0 aliphatic rings. The molecule has 0 spiro atoms. The summed E-state index contributed by atoms with van der Waals surface area (Å²) in [4.78, 5) is 15.1. The van der Waals surface area contributed by atoms with Crippen LogP contribution in [-0.2, 0) is 13.6 Å². The second-order valence-electron chi connectivity index (χ2n) is 4.50. The summed E-state index contributed by atoms with van der Waals surface area (Å²) < 4.78 is 1.75. The lowest BCUT2D eigenvalue weighted by atomic mass is 10.1. The van der Waals surface area contributed by atoms with E-state index in [9.17, 15) is 10.1 Å². The molecule has 2 aromatic heterocycles. The number of hydrogen-bond acceptors (Lipinski definition) is 6. The summed E-state index contributed by atoms with van der Waals surface area (Å²) >= 11 is 0. The van der Waals surface area contributed by atoms with Gasteiger partial charge in [-0.2, -0.15) is 0 Å². The Morgan fingerprint density at radius 2 is 2.24 bits per heavy atom. The Labute approximate surface area is 119 Å². The minimum atomic E-state index is -0.400. The molecule has 0 atom stereocenters. The molecule has 8 nitrogen and oxygen atoms in total. The number of hydrogen-bond donors (Lipinski definition) is 1. The van der Waals surface area contributed by atoms with E-state index in [2.05, 4.69) is 20.5 Å². The van der Waals surface area contributed by atoms with Gasteiger partial charge >= 0.3 is 5.69 Å². The van der Waals surface area contributed by atoms with Crippen LogP contribution in [0.3, 0.4) is 0 Å². The fourth-order valence-electron chi connectivity index (χ4n) is 2.12. The number of fused-ring (bicyclic) bond motifs is 1. The standard InChI is InChI=1S/C13H12N6O2/c1-18-8-16-17-12(18)7-15-11-5-4-10-9(3-2-6-14-10)13(11)19(20)21/h2-6,8,15H,7H2,1H3. The molecular weight excluding hydrogens is 272 g/mol. The average Bonchev–Trinajstić information content (AvgIpc) is 2.89. The first-order valence-corrected chi connectivity index (χ1v) is 6.25. The highest BCUT2D eigenvalue weighted by atomic mass is 16.6. The van der Waals surface area contributed by atoms with Gasteiger partial charge in [-0.05, 0) is 24.3 Å². The van der Waals surface area contributed by atoms with Crippen LogP contribution < -0.4 is 5.32 Å². The van der Waals surface area contributed by atoms with Gasteiger partial charge in [-0.1, -0.05) is 0 Å². The number of anilines is 1. The zero-order valence-corrected chi connectivity index (χ0v) is 11.2. The first kappa shape index (κ1) is 13.0. The summed E-state index contributed by atoms with van der Waals surface area (Å²) in [5.41, 5.74) is 1.04. The van der Waals surface area contributed by atoms with E-state index in [1.165, 1.54) is 0 Å². The van der Waals surface area contributed by atoms with Gasteiger partial charge in [0.2, 0.25) is 0 Å². The van der Waals surface area contributed by atoms with Gasteiger partial charge in [0.05, 0.1) is 22.4 Å². The molecule has 106 valence electrons. The van der Waals surface area contributed by atoms with Gasteiger partial charge < -0.3 is 9.88 Å². The highest BCUT2D eigenvalue weighted by molar-refractivity contribution is 5.94. The third-order valence-corrected chi connectivity index (χ3v) is 3.18. The largest absolute Gasteiger partial charge is 0.372 e. The Kier molecular flexibility index (Phi) is 3.19. The normalized spacial score (nSPS) is 10.7. The Balaban J connectivity index is 2.00. The third kappa shape index (κ3) is 2.38. The second kappa shape index (κ2) is 5.16. The topological polar surface area (TPSA) is 98.8 Å². The summed E-state index contributed by atoms with van der Waals surface area (Å²) in [7, 11) is 1.82. The highest BCUT2D eigenvalue weighted by Crippen LogP contribution is 2.32. The SMILES string of the molecule is Cn1cnnc1CNc1ccc2ncccc2c1[N+](=O)[O-]. The number of nitro benzene ring substituents is 1. The molecule has 0 saturated carbocycles. The summed E-state index contributed by atoms with van der Waals surface area (Å²) in [5.74, 6) is 0.690. The number of rotatable bonds is 4. The molecule has 1 N–H and O–H groups in total. The van der Waals surface area contributed by atoms with E-state index in [1.54, 1.807) is 41.4 Å². The molecule has 1 aromatic carbocycles. The Hall–Kier alpha value is -3.03. The lowest BCUT2D eigenvalue weighted by molar-refractivity contribution is -0.382. The van der Waals surface area contributed by atoms with Crippen LogP contribution in [0.4, 0.5) is 11.4 Å². The van der Waals surface area contributed by atoms with Crippen molar-refractivity contribution in [2.45, 2.75) is 6.54 Å². The molecule has 0 radical (unpaired) electrons. The van der Waals surface area contributed by atoms with Crippen molar-refractivity contribution >= 4 is 22.3 Å². The van der Waals surface area contributed by atoms with Crippen molar-refractivity contribution in [2.24, 2.45) is 7.05 Å². The Morgan fingerprint density at radius 1 is 1.38 bits per heavy atom. The van der Waals surface area contributed by atoms with Crippen molar-refractivity contribution in [3.8, 4) is 0 Å². The monoisotopic (exact) mass is 284 g/mol. The molecule has 2 heterocycles. The van der Waals surface area contributed by atoms with Crippen LogP contribution in [0.25, 0.3) is 10.9 Å². The van der Waals surface area contributed by atoms with Gasteiger partial charge in [-0.3, -0.25) is 15.1 Å². The maximum absolute atomic E-state index is 11.4. The number of pyridine rings is 1. The minimum absolute atomic E-state index is 0.0165. The third-order valence-electron chi connectivity index (χ3n) is 3.18. The fraction of sp³-hybridized carbons (Fsp3) is 0.154. The van der Waals surface area contributed by atoms with Gasteiger partial charge in [0, 0.05) is 13.2 Å². The minimum Gasteiger partial charge on any atom is -0.372 e. The second-order valence-corrected chi connectivity index (χ2v) is 4.50. The van der Waals surface area contributed by atoms with Crippen molar-refractivity contribution in [2.75, 3.05) is 5.32 Å². The molecule has 0 aliphatic heterocycles. The smallest absolute Gasteiger partial charge is 0.301 e. The van der Waals surface area contributed by atoms with Gasteiger partial charge in [-0.15, -0.1) is 10.2 Å². The Morgan fingerprint density at radius 3 is 2.95 bits per heavy atom. The van der Waals surface area contributed by atoms with E-state index >= 15 is 0 Å². The first-order chi connectivity index (χ1) is 10.2. The summed E-state index contributed by atoms with van der Waals surface area (Å²) in [5, 5.41) is 22.6. The summed E-state index contributed by atoms with van der Waals surface area (Å²) in [6, 6.07) is 6.78. The van der Waals surface area contributed by atoms with Crippen LogP contribution in [0.15, 0.2) is 36.8 Å². The maximum Gasteiger partial charge on any atom is 0.301 e. The number of nitro groups is 1. The molecule has 0 bridgehead atoms. The zero-order chi connectivity index (χ0) is 14.8. The number of aryl methyl sites for hydroxylation is 1. The van der Waals surface area contributed by atoms with E-state index < -0.39 is 4.92 Å². The summed E-state index contributed by atoms with van der Waals surface area (Å²) in [6.45, 7) is 0.350. The van der Waals surface area contributed by atoms with Crippen molar-refractivity contribution < 1.29 is 4.92 Å². The number of nitrogens with zero attached hydrogens (tertiary/aromatic N) is 5. The number of aromatic nitrogens is 4. The van der Waals surface area contributed by atoms with Crippen molar-refractivity contribution in [1.82, 2.24) is 19.7 Å². The molecule has 21 heavy (non-hydrogen) atoms. The molecule has 8 heteroatoms. The fourth-order valence-corrected chi connectivity index (χ4v) is 2.12. The molecule has 0 aliphatic carbocycles. The van der Waals surface area contributed by atoms with Crippen LogP contribution in [0, 0.1) is 10.1 Å². The molecule has 0 fully saturated rings. The van der Waals surface area contributed by atoms with Crippen LogP contribution in [0.2, 0.25) is 0 Å². The predicted molar refractivity (Wildman–Crippen MR) is 76.7 cm³/mol. The molecule has 0 amide bonds. The molecule has 0 unspecified atom stereocenters. The quantitative estimate of drug-likeness (QED) is 0.580. The highest BCUT2D eigenvalue weighted by Gasteiger charge is 2.19. The van der Waals surface area contributed by atoms with Gasteiger partial charge in [-0.25, -0.2) is 0 Å². The predicted octanol–water partition coefficient (Wildman–Crippen LogP) is 1.88. The van der Waals surface area contributed by atoms with Crippen molar-refractivity contribution in [1.29, 1.82) is 0 Å². The van der Waals surface area contributed by atoms with E-state index in [0.29, 0.717) is 29.0 Å². The molecular formula is C13H12N6O2. The maximum atomic E-state index is 11.4. The van der Waals surface area contributed by atoms with Crippen LogP contribution in [0.5, 0.6) is 0 Å². The Bertz CT molecular complexity index is 813. The lowest BCUT2D eigenvalue weighted by Gasteiger charge is -2.08. The number of nitrogens with one attached hydrogen (secondary N) is 1. The average molecular weight is 284 g/mol. The van der Waals surface area contributed by atoms with Gasteiger partial charge in [0.15, 0.2) is 5.82 Å². The van der Waals surface area contributed by atoms with E-state index in [1.807, 2.05) is 7.05 Å².